The van der Waals surface area contributed by atoms with Crippen LogP contribution in [0.1, 0.15) is 53.4 Å². The molecule has 0 unspecified atom stereocenters. The predicted octanol–water partition coefficient (Wildman–Crippen LogP) is 4.73. The van der Waals surface area contributed by atoms with Crippen LogP contribution in [0.5, 0.6) is 0 Å². The first-order valence-corrected chi connectivity index (χ1v) is 9.61. The standard InChI is InChI=1S/C23H26N2O2/c1-16-8-10-17(11-9-16)15-25-20-7-4-3-6-18(20)19(21(25)22(26)27)14-24-23(2)12-5-13-23/h3-4,6-11,24H,5,12-15H2,1-2H3,(H,26,27). The van der Waals surface area contributed by atoms with Gasteiger partial charge >= 0.3 is 5.97 Å². The van der Waals surface area contributed by atoms with Gasteiger partial charge in [-0.3, -0.25) is 0 Å². The second-order valence-corrected chi connectivity index (χ2v) is 7.99. The average Bonchev–Trinajstić information content (AvgIpc) is 2.94. The van der Waals surface area contributed by atoms with Crippen molar-refractivity contribution in [1.29, 1.82) is 0 Å². The van der Waals surface area contributed by atoms with Gasteiger partial charge in [0.25, 0.3) is 0 Å². The molecular weight excluding hydrogens is 336 g/mol. The number of fused-ring (bicyclic) bond motifs is 1. The van der Waals surface area contributed by atoms with Crippen molar-refractivity contribution in [3.8, 4) is 0 Å². The summed E-state index contributed by atoms with van der Waals surface area (Å²) in [6.45, 7) is 5.42. The van der Waals surface area contributed by atoms with Crippen molar-refractivity contribution in [1.82, 2.24) is 9.88 Å². The number of rotatable bonds is 6. The van der Waals surface area contributed by atoms with Crippen LogP contribution in [-0.2, 0) is 13.1 Å². The van der Waals surface area contributed by atoms with Gasteiger partial charge in [0.15, 0.2) is 0 Å². The van der Waals surface area contributed by atoms with Crippen molar-refractivity contribution >= 4 is 16.9 Å². The number of nitrogens with one attached hydrogen (secondary N) is 1. The fraction of sp³-hybridized carbons (Fsp3) is 0.348. The van der Waals surface area contributed by atoms with E-state index in [1.807, 2.05) is 28.8 Å². The Hall–Kier alpha value is -2.59. The summed E-state index contributed by atoms with van der Waals surface area (Å²) in [6.07, 6.45) is 3.54. The van der Waals surface area contributed by atoms with E-state index in [0.717, 1.165) is 34.9 Å². The van der Waals surface area contributed by atoms with Crippen molar-refractivity contribution < 1.29 is 9.90 Å². The molecule has 0 aliphatic heterocycles. The fourth-order valence-corrected chi connectivity index (χ4v) is 4.02. The van der Waals surface area contributed by atoms with Crippen LogP contribution in [0.15, 0.2) is 48.5 Å². The number of aromatic nitrogens is 1. The number of aryl methyl sites for hydroxylation is 1. The van der Waals surface area contributed by atoms with Gasteiger partial charge in [-0.25, -0.2) is 4.79 Å². The van der Waals surface area contributed by atoms with Crippen LogP contribution in [0.2, 0.25) is 0 Å². The summed E-state index contributed by atoms with van der Waals surface area (Å²) >= 11 is 0. The third-order valence-corrected chi connectivity index (χ3v) is 5.89. The third-order valence-electron chi connectivity index (χ3n) is 5.89. The van der Waals surface area contributed by atoms with Crippen LogP contribution in [0.25, 0.3) is 10.9 Å². The molecule has 0 bridgehead atoms. The van der Waals surface area contributed by atoms with Gasteiger partial charge < -0.3 is 15.0 Å². The summed E-state index contributed by atoms with van der Waals surface area (Å²) in [6, 6.07) is 16.3. The molecule has 2 N–H and O–H groups in total. The maximum Gasteiger partial charge on any atom is 0.352 e. The van der Waals surface area contributed by atoms with E-state index in [4.69, 9.17) is 0 Å². The predicted molar refractivity (Wildman–Crippen MR) is 108 cm³/mol. The van der Waals surface area contributed by atoms with Gasteiger partial charge in [-0.2, -0.15) is 0 Å². The molecule has 140 valence electrons. The van der Waals surface area contributed by atoms with Crippen molar-refractivity contribution in [2.45, 2.75) is 51.7 Å². The Morgan fingerprint density at radius 1 is 1.15 bits per heavy atom. The number of aromatic carboxylic acids is 1. The number of hydrogen-bond acceptors (Lipinski definition) is 2. The van der Waals surface area contributed by atoms with Crippen molar-refractivity contribution in [2.75, 3.05) is 0 Å². The Morgan fingerprint density at radius 2 is 1.85 bits per heavy atom. The summed E-state index contributed by atoms with van der Waals surface area (Å²) < 4.78 is 1.95. The molecule has 1 aliphatic rings. The molecule has 27 heavy (non-hydrogen) atoms. The molecule has 3 aromatic rings. The van der Waals surface area contributed by atoms with E-state index in [1.54, 1.807) is 0 Å². The second-order valence-electron chi connectivity index (χ2n) is 7.99. The van der Waals surface area contributed by atoms with E-state index in [2.05, 4.69) is 43.4 Å². The maximum atomic E-state index is 12.2. The summed E-state index contributed by atoms with van der Waals surface area (Å²) in [4.78, 5) is 12.2. The Morgan fingerprint density at radius 3 is 2.48 bits per heavy atom. The van der Waals surface area contributed by atoms with Crippen LogP contribution in [0.3, 0.4) is 0 Å². The van der Waals surface area contributed by atoms with Crippen molar-refractivity contribution in [3.05, 3.63) is 70.9 Å². The lowest BCUT2D eigenvalue weighted by atomic mass is 9.78. The number of carboxylic acids is 1. The molecule has 4 nitrogen and oxygen atoms in total. The minimum Gasteiger partial charge on any atom is -0.477 e. The number of carbonyl (C=O) groups is 1. The normalized spacial score (nSPS) is 15.6. The fourth-order valence-electron chi connectivity index (χ4n) is 4.02. The molecule has 0 atom stereocenters. The van der Waals surface area contributed by atoms with E-state index < -0.39 is 5.97 Å². The van der Waals surface area contributed by atoms with E-state index in [1.165, 1.54) is 12.0 Å². The van der Waals surface area contributed by atoms with Crippen molar-refractivity contribution in [2.24, 2.45) is 0 Å². The number of benzene rings is 2. The first kappa shape index (κ1) is 17.8. The lowest BCUT2D eigenvalue weighted by molar-refractivity contribution is 0.0684. The molecule has 0 amide bonds. The molecule has 1 aromatic heterocycles. The summed E-state index contributed by atoms with van der Waals surface area (Å²) in [5.74, 6) is -0.867. The monoisotopic (exact) mass is 362 g/mol. The van der Waals surface area contributed by atoms with Crippen LogP contribution in [0, 0.1) is 6.92 Å². The van der Waals surface area contributed by atoms with Crippen molar-refractivity contribution in [3.63, 3.8) is 0 Å². The summed E-state index contributed by atoms with van der Waals surface area (Å²) in [5, 5.41) is 14.7. The summed E-state index contributed by atoms with van der Waals surface area (Å²) in [5.41, 5.74) is 4.70. The Kier molecular flexibility index (Phi) is 4.52. The van der Waals surface area contributed by atoms with E-state index in [-0.39, 0.29) is 5.54 Å². The number of carboxylic acid groups (broad SMARTS) is 1. The Balaban J connectivity index is 1.78. The zero-order valence-electron chi connectivity index (χ0n) is 16.0. The smallest absolute Gasteiger partial charge is 0.352 e. The van der Waals surface area contributed by atoms with Crippen LogP contribution in [-0.4, -0.2) is 21.2 Å². The molecular formula is C23H26N2O2. The second kappa shape index (κ2) is 6.86. The molecule has 0 radical (unpaired) electrons. The lowest BCUT2D eigenvalue weighted by Crippen LogP contribution is -2.47. The maximum absolute atomic E-state index is 12.2. The SMILES string of the molecule is Cc1ccc(Cn2c(C(=O)O)c(CNC3(C)CCC3)c3ccccc32)cc1. The largest absolute Gasteiger partial charge is 0.477 e. The average molecular weight is 362 g/mol. The van der Waals surface area contributed by atoms with Gasteiger partial charge in [-0.15, -0.1) is 0 Å². The first-order valence-electron chi connectivity index (χ1n) is 9.61. The third kappa shape index (κ3) is 3.37. The van der Waals surface area contributed by atoms with Gasteiger partial charge in [-0.05, 0) is 44.7 Å². The topological polar surface area (TPSA) is 54.3 Å². The zero-order valence-corrected chi connectivity index (χ0v) is 16.0. The molecule has 0 saturated heterocycles. The van der Waals surface area contributed by atoms with Crippen LogP contribution in [0.4, 0.5) is 0 Å². The molecule has 4 heteroatoms. The number of para-hydroxylation sites is 1. The minimum atomic E-state index is -0.867. The van der Waals surface area contributed by atoms with Gasteiger partial charge in [0.05, 0.1) is 0 Å². The highest BCUT2D eigenvalue weighted by atomic mass is 16.4. The van der Waals surface area contributed by atoms with Gasteiger partial charge in [0.2, 0.25) is 0 Å². The molecule has 2 aromatic carbocycles. The molecule has 1 heterocycles. The van der Waals surface area contributed by atoms with Crippen LogP contribution >= 0.6 is 0 Å². The lowest BCUT2D eigenvalue weighted by Gasteiger charge is -2.39. The minimum absolute atomic E-state index is 0.135. The number of nitrogens with zero attached hydrogens (tertiary/aromatic N) is 1. The molecule has 4 rings (SSSR count). The molecule has 1 fully saturated rings. The highest BCUT2D eigenvalue weighted by molar-refractivity contribution is 5.98. The highest BCUT2D eigenvalue weighted by Gasteiger charge is 2.32. The van der Waals surface area contributed by atoms with Crippen LogP contribution < -0.4 is 5.32 Å². The molecule has 1 saturated carbocycles. The number of hydrogen-bond donors (Lipinski definition) is 2. The first-order chi connectivity index (χ1) is 13.0. The van der Waals surface area contributed by atoms with E-state index >= 15 is 0 Å². The molecule has 0 spiro atoms. The Bertz CT molecular complexity index is 982. The van der Waals surface area contributed by atoms with Gasteiger partial charge in [0, 0.05) is 35.1 Å². The Labute approximate surface area is 159 Å². The zero-order chi connectivity index (χ0) is 19.0. The summed E-state index contributed by atoms with van der Waals surface area (Å²) in [7, 11) is 0. The molecule has 1 aliphatic carbocycles. The van der Waals surface area contributed by atoms with E-state index in [9.17, 15) is 9.90 Å². The quantitative estimate of drug-likeness (QED) is 0.667. The van der Waals surface area contributed by atoms with E-state index in [0.29, 0.717) is 18.8 Å². The van der Waals surface area contributed by atoms with Gasteiger partial charge in [0.1, 0.15) is 5.69 Å². The van der Waals surface area contributed by atoms with Gasteiger partial charge in [-0.1, -0.05) is 48.0 Å². The highest BCUT2D eigenvalue weighted by Crippen LogP contribution is 2.33.